The number of nitrogens with zero attached hydrogens (tertiary/aromatic N) is 2. The number of benzene rings is 1. The molecule has 1 heterocycles. The minimum atomic E-state index is -0.135. The van der Waals surface area contributed by atoms with E-state index in [2.05, 4.69) is 19.9 Å². The molecule has 0 spiro atoms. The van der Waals surface area contributed by atoms with Gasteiger partial charge in [0.15, 0.2) is 0 Å². The molecule has 0 radical (unpaired) electrons. The monoisotopic (exact) mass is 302 g/mol. The number of carbonyl (C=O) groups excluding carboxylic acids is 2. The maximum absolute atomic E-state index is 12.5. The Balaban J connectivity index is 2.21. The summed E-state index contributed by atoms with van der Waals surface area (Å²) >= 11 is 0. The highest BCUT2D eigenvalue weighted by atomic mass is 16.2. The molecule has 1 aliphatic heterocycles. The molecule has 0 bridgehead atoms. The number of carbonyl (C=O) groups is 2. The smallest absolute Gasteiger partial charge is 0.224 e. The molecular formula is C18H26N2O2. The number of hydrogen-bond acceptors (Lipinski definition) is 2. The predicted octanol–water partition coefficient (Wildman–Crippen LogP) is 2.64. The van der Waals surface area contributed by atoms with Crippen molar-refractivity contribution in [1.82, 2.24) is 9.80 Å². The van der Waals surface area contributed by atoms with Gasteiger partial charge in [-0.3, -0.25) is 9.59 Å². The number of fused-ring (bicyclic) bond motifs is 1. The lowest BCUT2D eigenvalue weighted by Crippen LogP contribution is -2.42. The molecular weight excluding hydrogens is 276 g/mol. The normalized spacial score (nSPS) is 17.3. The van der Waals surface area contributed by atoms with Gasteiger partial charge >= 0.3 is 0 Å². The van der Waals surface area contributed by atoms with Gasteiger partial charge < -0.3 is 9.80 Å². The topological polar surface area (TPSA) is 40.6 Å². The van der Waals surface area contributed by atoms with Crippen molar-refractivity contribution in [3.8, 4) is 0 Å². The maximum Gasteiger partial charge on any atom is 0.224 e. The highest BCUT2D eigenvalue weighted by Crippen LogP contribution is 2.32. The molecule has 0 N–H and O–H groups in total. The molecule has 4 heteroatoms. The largest absolute Gasteiger partial charge is 0.345 e. The molecule has 1 unspecified atom stereocenters. The fraction of sp³-hybridized carbons (Fsp3) is 0.556. The zero-order valence-electron chi connectivity index (χ0n) is 14.0. The molecule has 120 valence electrons. The van der Waals surface area contributed by atoms with E-state index in [1.165, 1.54) is 5.56 Å². The Morgan fingerprint density at radius 1 is 1.32 bits per heavy atom. The molecule has 1 atom stereocenters. The lowest BCUT2D eigenvalue weighted by Gasteiger charge is -2.37. The minimum absolute atomic E-state index is 0.0406. The first kappa shape index (κ1) is 16.5. The first-order chi connectivity index (χ1) is 10.4. The molecule has 0 saturated heterocycles. The first-order valence-corrected chi connectivity index (χ1v) is 7.99. The van der Waals surface area contributed by atoms with Gasteiger partial charge in [0.1, 0.15) is 0 Å². The molecule has 0 fully saturated rings. The van der Waals surface area contributed by atoms with Gasteiger partial charge in [-0.2, -0.15) is 0 Å². The van der Waals surface area contributed by atoms with Gasteiger partial charge in [-0.05, 0) is 23.5 Å². The summed E-state index contributed by atoms with van der Waals surface area (Å²) in [5.74, 6) is 0.581. The van der Waals surface area contributed by atoms with E-state index in [9.17, 15) is 9.59 Å². The zero-order chi connectivity index (χ0) is 16.3. The molecule has 1 aromatic rings. The second kappa shape index (κ2) is 6.95. The van der Waals surface area contributed by atoms with Crippen LogP contribution in [0, 0.1) is 5.92 Å². The van der Waals surface area contributed by atoms with Gasteiger partial charge in [-0.15, -0.1) is 0 Å². The Bertz CT molecular complexity index is 554. The summed E-state index contributed by atoms with van der Waals surface area (Å²) in [4.78, 5) is 28.1. The highest BCUT2D eigenvalue weighted by Gasteiger charge is 2.31. The fourth-order valence-electron chi connectivity index (χ4n) is 3.22. The van der Waals surface area contributed by atoms with Crippen LogP contribution in [-0.4, -0.2) is 41.8 Å². The van der Waals surface area contributed by atoms with Gasteiger partial charge in [0.2, 0.25) is 11.8 Å². The summed E-state index contributed by atoms with van der Waals surface area (Å²) in [5.41, 5.74) is 2.37. The first-order valence-electron chi connectivity index (χ1n) is 7.99. The number of rotatable bonds is 4. The molecule has 4 nitrogen and oxygen atoms in total. The Labute approximate surface area is 133 Å². The van der Waals surface area contributed by atoms with E-state index >= 15 is 0 Å². The molecule has 1 aromatic carbocycles. The number of hydrogen-bond donors (Lipinski definition) is 0. The molecule has 0 saturated carbocycles. The van der Waals surface area contributed by atoms with Crippen LogP contribution in [0.15, 0.2) is 24.3 Å². The van der Waals surface area contributed by atoms with Crippen molar-refractivity contribution >= 4 is 11.8 Å². The van der Waals surface area contributed by atoms with Crippen LogP contribution in [0.3, 0.4) is 0 Å². The van der Waals surface area contributed by atoms with Crippen LogP contribution in [0.5, 0.6) is 0 Å². The maximum atomic E-state index is 12.5. The van der Waals surface area contributed by atoms with Crippen LogP contribution in [0.25, 0.3) is 0 Å². The van der Waals surface area contributed by atoms with Crippen LogP contribution in [0.4, 0.5) is 0 Å². The van der Waals surface area contributed by atoms with Crippen LogP contribution < -0.4 is 0 Å². The van der Waals surface area contributed by atoms with Gasteiger partial charge in [0, 0.05) is 27.1 Å². The summed E-state index contributed by atoms with van der Waals surface area (Å²) in [6, 6.07) is 8.01. The SMILES string of the molecule is CC(=O)N1CCc2ccccc2C1CC(=O)N(C)CC(C)C. The fourth-order valence-corrected chi connectivity index (χ4v) is 3.22. The Hall–Kier alpha value is -1.84. The quantitative estimate of drug-likeness (QED) is 0.858. The average molecular weight is 302 g/mol. The minimum Gasteiger partial charge on any atom is -0.345 e. The third-order valence-electron chi connectivity index (χ3n) is 4.25. The lowest BCUT2D eigenvalue weighted by atomic mass is 9.90. The third-order valence-corrected chi connectivity index (χ3v) is 4.25. The summed E-state index contributed by atoms with van der Waals surface area (Å²) in [6.45, 7) is 7.22. The number of amides is 2. The summed E-state index contributed by atoms with van der Waals surface area (Å²) in [7, 11) is 1.84. The van der Waals surface area contributed by atoms with E-state index in [-0.39, 0.29) is 17.9 Å². The molecule has 22 heavy (non-hydrogen) atoms. The second-order valence-electron chi connectivity index (χ2n) is 6.55. The lowest BCUT2D eigenvalue weighted by molar-refractivity contribution is -0.136. The molecule has 0 aromatic heterocycles. The summed E-state index contributed by atoms with van der Waals surface area (Å²) < 4.78 is 0. The van der Waals surface area contributed by atoms with Crippen molar-refractivity contribution in [1.29, 1.82) is 0 Å². The predicted molar refractivity (Wildman–Crippen MR) is 87.4 cm³/mol. The Morgan fingerprint density at radius 2 is 2.00 bits per heavy atom. The van der Waals surface area contributed by atoms with Crippen molar-refractivity contribution in [2.45, 2.75) is 39.7 Å². The van der Waals surface area contributed by atoms with E-state index in [1.807, 2.05) is 30.1 Å². The molecule has 2 rings (SSSR count). The van der Waals surface area contributed by atoms with Gasteiger partial charge in [-0.25, -0.2) is 0 Å². The van der Waals surface area contributed by atoms with Gasteiger partial charge in [0.25, 0.3) is 0 Å². The zero-order valence-corrected chi connectivity index (χ0v) is 14.0. The van der Waals surface area contributed by atoms with Crippen molar-refractivity contribution in [3.63, 3.8) is 0 Å². The van der Waals surface area contributed by atoms with Crippen molar-refractivity contribution in [2.75, 3.05) is 20.1 Å². The molecule has 2 amide bonds. The van der Waals surface area contributed by atoms with Crippen molar-refractivity contribution in [3.05, 3.63) is 35.4 Å². The van der Waals surface area contributed by atoms with E-state index in [4.69, 9.17) is 0 Å². The van der Waals surface area contributed by atoms with Gasteiger partial charge in [0.05, 0.1) is 12.5 Å². The van der Waals surface area contributed by atoms with Crippen LogP contribution in [-0.2, 0) is 16.0 Å². The second-order valence-corrected chi connectivity index (χ2v) is 6.55. The Morgan fingerprint density at radius 3 is 2.64 bits per heavy atom. The van der Waals surface area contributed by atoms with Crippen LogP contribution >= 0.6 is 0 Å². The average Bonchev–Trinajstić information content (AvgIpc) is 2.46. The molecule has 0 aliphatic carbocycles. The Kier molecular flexibility index (Phi) is 5.22. The van der Waals surface area contributed by atoms with Gasteiger partial charge in [-0.1, -0.05) is 38.1 Å². The standard InChI is InChI=1S/C18H26N2O2/c1-13(2)12-19(4)18(22)11-17-16-8-6-5-7-15(16)9-10-20(17)14(3)21/h5-8,13,17H,9-12H2,1-4H3. The third kappa shape index (κ3) is 3.67. The van der Waals surface area contributed by atoms with E-state index in [1.54, 1.807) is 11.8 Å². The summed E-state index contributed by atoms with van der Waals surface area (Å²) in [5, 5.41) is 0. The van der Waals surface area contributed by atoms with Crippen molar-refractivity contribution in [2.24, 2.45) is 5.92 Å². The molecule has 1 aliphatic rings. The summed E-state index contributed by atoms with van der Waals surface area (Å²) in [6.07, 6.45) is 1.22. The van der Waals surface area contributed by atoms with Crippen LogP contribution in [0.1, 0.15) is 44.4 Å². The highest BCUT2D eigenvalue weighted by molar-refractivity contribution is 5.79. The van der Waals surface area contributed by atoms with Crippen molar-refractivity contribution < 1.29 is 9.59 Å². The van der Waals surface area contributed by atoms with E-state index in [0.29, 0.717) is 18.9 Å². The van der Waals surface area contributed by atoms with E-state index in [0.717, 1.165) is 18.5 Å². The van der Waals surface area contributed by atoms with Crippen LogP contribution in [0.2, 0.25) is 0 Å². The van der Waals surface area contributed by atoms with E-state index < -0.39 is 0 Å².